The van der Waals surface area contributed by atoms with Gasteiger partial charge in [0.15, 0.2) is 0 Å². The van der Waals surface area contributed by atoms with Crippen molar-refractivity contribution in [3.05, 3.63) is 35.4 Å². The van der Waals surface area contributed by atoms with Crippen LogP contribution in [0.5, 0.6) is 0 Å². The number of nitrogens with one attached hydrogen (secondary N) is 1. The first kappa shape index (κ1) is 15.5. The molecule has 1 fully saturated rings. The van der Waals surface area contributed by atoms with Crippen molar-refractivity contribution in [1.29, 1.82) is 0 Å². The topological polar surface area (TPSA) is 15.3 Å². The summed E-state index contributed by atoms with van der Waals surface area (Å²) in [6.07, 6.45) is 8.45. The molecule has 0 saturated heterocycles. The van der Waals surface area contributed by atoms with Gasteiger partial charge in [0, 0.05) is 25.7 Å². The SMILES string of the molecule is Cc1cccc(CN(C)CCNC2CCCCCC2)c1. The average molecular weight is 274 g/mol. The average Bonchev–Trinajstić information content (AvgIpc) is 2.67. The highest BCUT2D eigenvalue weighted by atomic mass is 15.1. The number of nitrogens with zero attached hydrogens (tertiary/aromatic N) is 1. The second-order valence-corrected chi connectivity index (χ2v) is 6.37. The van der Waals surface area contributed by atoms with Gasteiger partial charge in [0.05, 0.1) is 0 Å². The second-order valence-electron chi connectivity index (χ2n) is 6.37. The summed E-state index contributed by atoms with van der Waals surface area (Å²) in [4.78, 5) is 2.42. The molecule has 0 radical (unpaired) electrons. The van der Waals surface area contributed by atoms with E-state index < -0.39 is 0 Å². The zero-order chi connectivity index (χ0) is 14.2. The van der Waals surface area contributed by atoms with E-state index in [0.717, 1.165) is 25.7 Å². The Morgan fingerprint density at radius 2 is 1.90 bits per heavy atom. The lowest BCUT2D eigenvalue weighted by atomic mass is 10.1. The van der Waals surface area contributed by atoms with Gasteiger partial charge in [-0.15, -0.1) is 0 Å². The van der Waals surface area contributed by atoms with E-state index in [-0.39, 0.29) is 0 Å². The summed E-state index contributed by atoms with van der Waals surface area (Å²) >= 11 is 0. The molecule has 0 heterocycles. The van der Waals surface area contributed by atoms with Crippen LogP contribution in [0, 0.1) is 6.92 Å². The quantitative estimate of drug-likeness (QED) is 0.795. The molecule has 0 amide bonds. The third-order valence-corrected chi connectivity index (χ3v) is 4.32. The van der Waals surface area contributed by atoms with Crippen LogP contribution < -0.4 is 5.32 Å². The molecule has 0 aliphatic heterocycles. The maximum Gasteiger partial charge on any atom is 0.0231 e. The fourth-order valence-corrected chi connectivity index (χ4v) is 3.14. The maximum atomic E-state index is 3.75. The monoisotopic (exact) mass is 274 g/mol. The zero-order valence-corrected chi connectivity index (χ0v) is 13.2. The second kappa shape index (κ2) is 8.43. The van der Waals surface area contributed by atoms with Gasteiger partial charge in [0.1, 0.15) is 0 Å². The molecule has 1 aromatic rings. The molecular weight excluding hydrogens is 244 g/mol. The highest BCUT2D eigenvalue weighted by Crippen LogP contribution is 2.17. The third kappa shape index (κ3) is 5.64. The van der Waals surface area contributed by atoms with Crippen LogP contribution in [-0.4, -0.2) is 31.1 Å². The smallest absolute Gasteiger partial charge is 0.0231 e. The Morgan fingerprint density at radius 3 is 2.60 bits per heavy atom. The van der Waals surface area contributed by atoms with Crippen LogP contribution in [0.4, 0.5) is 0 Å². The Morgan fingerprint density at radius 1 is 1.15 bits per heavy atom. The number of likely N-dealkylation sites (N-methyl/N-ethyl adjacent to an activating group) is 1. The largest absolute Gasteiger partial charge is 0.313 e. The minimum absolute atomic E-state index is 0.768. The van der Waals surface area contributed by atoms with Crippen molar-refractivity contribution in [3.8, 4) is 0 Å². The van der Waals surface area contributed by atoms with E-state index >= 15 is 0 Å². The van der Waals surface area contributed by atoms with Gasteiger partial charge in [0.2, 0.25) is 0 Å². The first-order valence-corrected chi connectivity index (χ1v) is 8.21. The number of aryl methyl sites for hydroxylation is 1. The van der Waals surface area contributed by atoms with Gasteiger partial charge in [0.25, 0.3) is 0 Å². The summed E-state index contributed by atoms with van der Waals surface area (Å²) in [5, 5.41) is 3.75. The number of hydrogen-bond donors (Lipinski definition) is 1. The summed E-state index contributed by atoms with van der Waals surface area (Å²) in [5.74, 6) is 0. The summed E-state index contributed by atoms with van der Waals surface area (Å²) < 4.78 is 0. The highest BCUT2D eigenvalue weighted by molar-refractivity contribution is 5.21. The summed E-state index contributed by atoms with van der Waals surface area (Å²) in [5.41, 5.74) is 2.77. The summed E-state index contributed by atoms with van der Waals surface area (Å²) in [7, 11) is 2.22. The standard InChI is InChI=1S/C18H30N2/c1-16-8-7-9-17(14-16)15-20(2)13-12-19-18-10-5-3-4-6-11-18/h7-9,14,18-19H,3-6,10-13,15H2,1-2H3. The lowest BCUT2D eigenvalue weighted by Crippen LogP contribution is -2.35. The molecule has 1 aromatic carbocycles. The Labute approximate surface area is 124 Å². The molecule has 2 rings (SSSR count). The van der Waals surface area contributed by atoms with Crippen molar-refractivity contribution in [2.24, 2.45) is 0 Å². The van der Waals surface area contributed by atoms with E-state index in [1.807, 2.05) is 0 Å². The lowest BCUT2D eigenvalue weighted by molar-refractivity contribution is 0.312. The number of hydrogen-bond acceptors (Lipinski definition) is 2. The third-order valence-electron chi connectivity index (χ3n) is 4.32. The molecule has 1 aliphatic rings. The predicted molar refractivity (Wildman–Crippen MR) is 87.0 cm³/mol. The van der Waals surface area contributed by atoms with Crippen LogP contribution in [0.15, 0.2) is 24.3 Å². The Balaban J connectivity index is 1.65. The lowest BCUT2D eigenvalue weighted by Gasteiger charge is -2.21. The molecule has 1 N–H and O–H groups in total. The van der Waals surface area contributed by atoms with Crippen molar-refractivity contribution in [2.45, 2.75) is 58.0 Å². The molecular formula is C18H30N2. The molecule has 2 nitrogen and oxygen atoms in total. The van der Waals surface area contributed by atoms with Gasteiger partial charge in [-0.25, -0.2) is 0 Å². The number of rotatable bonds is 6. The molecule has 0 atom stereocenters. The first-order chi connectivity index (χ1) is 9.74. The van der Waals surface area contributed by atoms with Crippen LogP contribution in [-0.2, 0) is 6.54 Å². The fourth-order valence-electron chi connectivity index (χ4n) is 3.14. The first-order valence-electron chi connectivity index (χ1n) is 8.21. The van der Waals surface area contributed by atoms with Gasteiger partial charge in [-0.2, -0.15) is 0 Å². The van der Waals surface area contributed by atoms with Gasteiger partial charge in [-0.05, 0) is 32.4 Å². The number of benzene rings is 1. The summed E-state index contributed by atoms with van der Waals surface area (Å²) in [6.45, 7) is 5.46. The van der Waals surface area contributed by atoms with Crippen LogP contribution in [0.1, 0.15) is 49.7 Å². The van der Waals surface area contributed by atoms with Gasteiger partial charge in [-0.1, -0.05) is 55.5 Å². The van der Waals surface area contributed by atoms with E-state index in [4.69, 9.17) is 0 Å². The van der Waals surface area contributed by atoms with Crippen molar-refractivity contribution in [3.63, 3.8) is 0 Å². The molecule has 20 heavy (non-hydrogen) atoms. The summed E-state index contributed by atoms with van der Waals surface area (Å²) in [6, 6.07) is 9.60. The van der Waals surface area contributed by atoms with Crippen molar-refractivity contribution in [2.75, 3.05) is 20.1 Å². The van der Waals surface area contributed by atoms with E-state index in [0.29, 0.717) is 0 Å². The van der Waals surface area contributed by atoms with E-state index in [1.54, 1.807) is 0 Å². The van der Waals surface area contributed by atoms with Gasteiger partial charge in [-0.3, -0.25) is 0 Å². The van der Waals surface area contributed by atoms with Crippen LogP contribution in [0.3, 0.4) is 0 Å². The van der Waals surface area contributed by atoms with Gasteiger partial charge >= 0.3 is 0 Å². The molecule has 112 valence electrons. The normalized spacial score (nSPS) is 17.4. The van der Waals surface area contributed by atoms with Crippen molar-refractivity contribution < 1.29 is 0 Å². The maximum absolute atomic E-state index is 3.75. The molecule has 0 aromatic heterocycles. The Hall–Kier alpha value is -0.860. The van der Waals surface area contributed by atoms with E-state index in [1.165, 1.54) is 49.7 Å². The van der Waals surface area contributed by atoms with Crippen LogP contribution >= 0.6 is 0 Å². The van der Waals surface area contributed by atoms with Crippen molar-refractivity contribution >= 4 is 0 Å². The van der Waals surface area contributed by atoms with E-state index in [9.17, 15) is 0 Å². The molecule has 0 unspecified atom stereocenters. The van der Waals surface area contributed by atoms with Crippen LogP contribution in [0.25, 0.3) is 0 Å². The fraction of sp³-hybridized carbons (Fsp3) is 0.667. The van der Waals surface area contributed by atoms with Crippen molar-refractivity contribution in [1.82, 2.24) is 10.2 Å². The predicted octanol–water partition coefficient (Wildman–Crippen LogP) is 3.74. The molecule has 1 aliphatic carbocycles. The Kier molecular flexibility index (Phi) is 6.55. The van der Waals surface area contributed by atoms with Crippen LogP contribution in [0.2, 0.25) is 0 Å². The molecule has 0 bridgehead atoms. The molecule has 2 heteroatoms. The zero-order valence-electron chi connectivity index (χ0n) is 13.2. The highest BCUT2D eigenvalue weighted by Gasteiger charge is 2.11. The minimum Gasteiger partial charge on any atom is -0.313 e. The Bertz CT molecular complexity index is 381. The molecule has 1 saturated carbocycles. The van der Waals surface area contributed by atoms with E-state index in [2.05, 4.69) is 48.5 Å². The minimum atomic E-state index is 0.768. The molecule has 0 spiro atoms. The van der Waals surface area contributed by atoms with Gasteiger partial charge < -0.3 is 10.2 Å².